The average molecular weight is 80.1 g/mol. The van der Waals surface area contributed by atoms with Crippen molar-refractivity contribution in [2.45, 2.75) is 6.40 Å². The molecule has 5 heavy (non-hydrogen) atoms. The summed E-state index contributed by atoms with van der Waals surface area (Å²) in [5, 5.41) is 16.6. The Morgan fingerprint density at radius 3 is 2.20 bits per heavy atom. The number of aliphatic hydroxyl groups excluding tert-OH is 1. The van der Waals surface area contributed by atoms with Gasteiger partial charge in [-0.25, -0.2) is 0 Å². The van der Waals surface area contributed by atoms with E-state index in [0.29, 0.717) is 0 Å². The van der Waals surface area contributed by atoms with E-state index in [1.54, 1.807) is 0 Å². The molecule has 2 heteroatoms. The summed E-state index contributed by atoms with van der Waals surface area (Å²) in [5.41, 5.74) is 0. The molecule has 0 amide bonds. The lowest BCUT2D eigenvalue weighted by Crippen LogP contribution is -1.85. The number of aliphatic hydroxyl groups is 2. The Labute approximate surface area is 36.7 Å². The molecule has 0 aromatic carbocycles. The molecule has 2 unspecified atom stereocenters. The van der Waals surface area contributed by atoms with Crippen LogP contribution in [0.2, 0.25) is 0 Å². The van der Waals surface area contributed by atoms with E-state index >= 15 is 0 Å². The highest BCUT2D eigenvalue weighted by atomic mass is 16.3. The molecule has 0 rings (SSSR count). The Morgan fingerprint density at radius 2 is 2.20 bits per heavy atom. The zero-order valence-corrected chi connectivity index (χ0v) is 2.55. The van der Waals surface area contributed by atoms with Gasteiger partial charge in [-0.05, 0) is 6.40 Å². The van der Waals surface area contributed by atoms with Crippen molar-refractivity contribution in [2.75, 3.05) is 13.1 Å². The summed E-state index contributed by atoms with van der Waals surface area (Å²) in [6.45, 7) is -4.69. The molecular weight excluding hydrogens is 68.0 g/mol. The summed E-state index contributed by atoms with van der Waals surface area (Å²) in [4.78, 5) is 0. The van der Waals surface area contributed by atoms with Gasteiger partial charge in [0.1, 0.15) is 0 Å². The monoisotopic (exact) mass is 80.1 g/mol. The lowest BCUT2D eigenvalue weighted by molar-refractivity contribution is 0.221. The van der Waals surface area contributed by atoms with Crippen LogP contribution in [0.5, 0.6) is 0 Å². The SMILES string of the molecule is [2H]C(O)C([2H])C([2H])([2H])O. The van der Waals surface area contributed by atoms with Gasteiger partial charge in [-0.2, -0.15) is 0 Å². The highest BCUT2D eigenvalue weighted by molar-refractivity contribution is 4.22. The van der Waals surface area contributed by atoms with Gasteiger partial charge < -0.3 is 10.2 Å². The molecule has 2 nitrogen and oxygen atoms in total. The molecule has 0 aliphatic heterocycles. The van der Waals surface area contributed by atoms with Gasteiger partial charge in [0.15, 0.2) is 0 Å². The van der Waals surface area contributed by atoms with Gasteiger partial charge in [-0.3, -0.25) is 0 Å². The van der Waals surface area contributed by atoms with Crippen molar-refractivity contribution in [3.8, 4) is 0 Å². The van der Waals surface area contributed by atoms with Crippen LogP contribution in [-0.4, -0.2) is 23.4 Å². The van der Waals surface area contributed by atoms with E-state index in [1.165, 1.54) is 0 Å². The lowest BCUT2D eigenvalue weighted by atomic mass is 10.5. The predicted molar refractivity (Wildman–Crippen MR) is 18.8 cm³/mol. The summed E-state index contributed by atoms with van der Waals surface area (Å²) in [5.74, 6) is 0. The van der Waals surface area contributed by atoms with Crippen LogP contribution in [0.1, 0.15) is 11.9 Å². The molecule has 0 aromatic heterocycles. The maximum Gasteiger partial charge on any atom is 0.0565 e. The molecule has 0 fully saturated rings. The molecule has 32 valence electrons. The highest BCUT2D eigenvalue weighted by Crippen LogP contribution is 1.65. The van der Waals surface area contributed by atoms with E-state index in [4.69, 9.17) is 15.7 Å². The second-order valence-corrected chi connectivity index (χ2v) is 0.445. The minimum absolute atomic E-state index is 1.82. The zero-order chi connectivity index (χ0) is 7.65. The molecule has 0 aliphatic rings. The lowest BCUT2D eigenvalue weighted by Gasteiger charge is -1.79. The minimum atomic E-state index is -2.79. The third-order valence-electron chi connectivity index (χ3n) is 0.149. The van der Waals surface area contributed by atoms with Gasteiger partial charge >= 0.3 is 0 Å². The van der Waals surface area contributed by atoms with Crippen molar-refractivity contribution in [2.24, 2.45) is 0 Å². The van der Waals surface area contributed by atoms with E-state index in [-0.39, 0.29) is 0 Å². The maximum atomic E-state index is 8.32. The van der Waals surface area contributed by atoms with Crippen LogP contribution >= 0.6 is 0 Å². The summed E-state index contributed by atoms with van der Waals surface area (Å²) in [7, 11) is 0. The molecule has 0 aliphatic carbocycles. The van der Waals surface area contributed by atoms with E-state index in [1.807, 2.05) is 0 Å². The molecule has 0 saturated heterocycles. The number of hydrogen-bond acceptors (Lipinski definition) is 2. The Hall–Kier alpha value is -0.0800. The Morgan fingerprint density at radius 1 is 1.60 bits per heavy atom. The van der Waals surface area contributed by atoms with Gasteiger partial charge in [0.2, 0.25) is 0 Å². The molecule has 2 N–H and O–H groups in total. The molecular formula is C3H8O2. The van der Waals surface area contributed by atoms with Crippen LogP contribution in [0.25, 0.3) is 0 Å². The van der Waals surface area contributed by atoms with Crippen LogP contribution in [0, 0.1) is 0 Å². The molecule has 0 heterocycles. The molecule has 0 spiro atoms. The van der Waals surface area contributed by atoms with E-state index < -0.39 is 19.5 Å². The third-order valence-corrected chi connectivity index (χ3v) is 0.149. The van der Waals surface area contributed by atoms with Crippen molar-refractivity contribution in [3.05, 3.63) is 0 Å². The first-order valence-corrected chi connectivity index (χ1v) is 1.10. The second kappa shape index (κ2) is 3.92. The number of rotatable bonds is 2. The highest BCUT2D eigenvalue weighted by Gasteiger charge is 1.70. The second-order valence-electron chi connectivity index (χ2n) is 0.445. The molecule has 0 saturated carbocycles. The minimum Gasteiger partial charge on any atom is -0.396 e. The number of hydrogen-bond donors (Lipinski definition) is 2. The van der Waals surface area contributed by atoms with E-state index in [2.05, 4.69) is 0 Å². The maximum absolute atomic E-state index is 8.32. The molecule has 2 atom stereocenters. The quantitative estimate of drug-likeness (QED) is 0.463. The zero-order valence-electron chi connectivity index (χ0n) is 6.55. The smallest absolute Gasteiger partial charge is 0.0565 e. The first-order chi connectivity index (χ1) is 3.85. The normalized spacial score (nSPS) is 35.6. The molecule has 0 aromatic rings. The largest absolute Gasteiger partial charge is 0.396 e. The van der Waals surface area contributed by atoms with E-state index in [0.717, 1.165) is 0 Å². The van der Waals surface area contributed by atoms with Crippen molar-refractivity contribution in [1.82, 2.24) is 0 Å². The van der Waals surface area contributed by atoms with Crippen LogP contribution in [0.4, 0.5) is 0 Å². The van der Waals surface area contributed by atoms with Crippen molar-refractivity contribution >= 4 is 0 Å². The fourth-order valence-corrected chi connectivity index (χ4v) is 0.0333. The van der Waals surface area contributed by atoms with Gasteiger partial charge in [-0.15, -0.1) is 0 Å². The fraction of sp³-hybridized carbons (Fsp3) is 1.00. The Kier molecular flexibility index (Phi) is 0.945. The van der Waals surface area contributed by atoms with Crippen LogP contribution < -0.4 is 0 Å². The summed E-state index contributed by atoms with van der Waals surface area (Å²) in [6, 6.07) is 0. The Balaban J connectivity index is 3.88. The topological polar surface area (TPSA) is 40.5 Å². The van der Waals surface area contributed by atoms with Crippen LogP contribution in [-0.2, 0) is 0 Å². The van der Waals surface area contributed by atoms with Crippen molar-refractivity contribution < 1.29 is 15.7 Å². The van der Waals surface area contributed by atoms with Gasteiger partial charge in [-0.1, -0.05) is 0 Å². The van der Waals surface area contributed by atoms with Crippen molar-refractivity contribution in [1.29, 1.82) is 0 Å². The van der Waals surface area contributed by atoms with Gasteiger partial charge in [0, 0.05) is 14.5 Å². The van der Waals surface area contributed by atoms with Crippen LogP contribution in [0.3, 0.4) is 0 Å². The van der Waals surface area contributed by atoms with Crippen LogP contribution in [0.15, 0.2) is 0 Å². The molecule has 0 bridgehead atoms. The van der Waals surface area contributed by atoms with E-state index in [9.17, 15) is 0 Å². The first-order valence-electron chi connectivity index (χ1n) is 3.26. The molecule has 0 radical (unpaired) electrons. The van der Waals surface area contributed by atoms with Crippen molar-refractivity contribution in [3.63, 3.8) is 0 Å². The fourth-order valence-electron chi connectivity index (χ4n) is 0.0333. The summed E-state index contributed by atoms with van der Waals surface area (Å²) < 4.78 is 25.9. The van der Waals surface area contributed by atoms with Gasteiger partial charge in [0.25, 0.3) is 0 Å². The third kappa shape index (κ3) is 3.92. The Bertz CT molecular complexity index is 88.3. The van der Waals surface area contributed by atoms with Gasteiger partial charge in [0.05, 0.1) is 4.11 Å². The predicted octanol–water partition coefficient (Wildman–Crippen LogP) is -0.639. The summed E-state index contributed by atoms with van der Waals surface area (Å²) in [6.07, 6.45) is -1.82. The average Bonchev–Trinajstić information content (AvgIpc) is 1.62. The standard InChI is InChI=1S/C3H8O2/c4-2-1-3-5/h4-5H,1-3H2/i1D,2D,3D2. The summed E-state index contributed by atoms with van der Waals surface area (Å²) >= 11 is 0. The first kappa shape index (κ1) is 1.21.